The molecule has 0 aromatic heterocycles. The van der Waals surface area contributed by atoms with Crippen molar-refractivity contribution >= 4 is 5.97 Å². The number of ether oxygens (including phenoxy) is 1. The standard InChI is InChI=1S/C14H22N2O2/c1-3-13(14(17)18-2)16-10-12(15)9-11-7-5-4-6-8-11/h4-8,12-13,16H,3,9-10,15H2,1-2H3/t12-,13-/m0/s1. The fraction of sp³-hybridized carbons (Fsp3) is 0.500. The first-order valence-corrected chi connectivity index (χ1v) is 6.28. The molecule has 0 aliphatic rings. The SMILES string of the molecule is CC[C@H](NC[C@@H](N)Cc1ccccc1)C(=O)OC. The molecule has 0 spiro atoms. The predicted molar refractivity (Wildman–Crippen MR) is 72.2 cm³/mol. The van der Waals surface area contributed by atoms with Gasteiger partial charge < -0.3 is 15.8 Å². The van der Waals surface area contributed by atoms with Gasteiger partial charge in [-0.05, 0) is 18.4 Å². The Kier molecular flexibility index (Phi) is 6.39. The van der Waals surface area contributed by atoms with Crippen molar-refractivity contribution < 1.29 is 9.53 Å². The number of rotatable bonds is 7. The second-order valence-corrected chi connectivity index (χ2v) is 4.34. The quantitative estimate of drug-likeness (QED) is 0.711. The largest absolute Gasteiger partial charge is 0.468 e. The Bertz CT molecular complexity index is 354. The highest BCUT2D eigenvalue weighted by Crippen LogP contribution is 2.02. The van der Waals surface area contributed by atoms with Crippen molar-refractivity contribution in [3.05, 3.63) is 35.9 Å². The van der Waals surface area contributed by atoms with Gasteiger partial charge in [-0.2, -0.15) is 0 Å². The minimum absolute atomic E-state index is 0.00824. The zero-order valence-electron chi connectivity index (χ0n) is 11.1. The summed E-state index contributed by atoms with van der Waals surface area (Å²) in [5, 5.41) is 3.14. The summed E-state index contributed by atoms with van der Waals surface area (Å²) in [6, 6.07) is 9.81. The van der Waals surface area contributed by atoms with E-state index in [2.05, 4.69) is 17.4 Å². The maximum Gasteiger partial charge on any atom is 0.322 e. The smallest absolute Gasteiger partial charge is 0.322 e. The van der Waals surface area contributed by atoms with Gasteiger partial charge in [0.25, 0.3) is 0 Å². The van der Waals surface area contributed by atoms with Gasteiger partial charge in [-0.3, -0.25) is 4.79 Å². The molecule has 0 unspecified atom stereocenters. The molecule has 2 atom stereocenters. The highest BCUT2D eigenvalue weighted by molar-refractivity contribution is 5.75. The van der Waals surface area contributed by atoms with Crippen molar-refractivity contribution in [3.8, 4) is 0 Å². The molecule has 1 aromatic rings. The van der Waals surface area contributed by atoms with Gasteiger partial charge in [0.05, 0.1) is 7.11 Å². The average molecular weight is 250 g/mol. The maximum atomic E-state index is 11.4. The lowest BCUT2D eigenvalue weighted by Crippen LogP contribution is -2.44. The minimum Gasteiger partial charge on any atom is -0.468 e. The van der Waals surface area contributed by atoms with Crippen LogP contribution in [0.5, 0.6) is 0 Å². The van der Waals surface area contributed by atoms with Gasteiger partial charge in [0.2, 0.25) is 0 Å². The van der Waals surface area contributed by atoms with Crippen molar-refractivity contribution in [2.24, 2.45) is 5.73 Å². The lowest BCUT2D eigenvalue weighted by molar-refractivity contribution is -0.143. The Morgan fingerprint density at radius 2 is 2.06 bits per heavy atom. The first-order chi connectivity index (χ1) is 8.67. The van der Waals surface area contributed by atoms with Gasteiger partial charge in [-0.1, -0.05) is 37.3 Å². The molecule has 0 saturated carbocycles. The van der Waals surface area contributed by atoms with Crippen molar-refractivity contribution in [3.63, 3.8) is 0 Å². The Labute approximate surface area is 109 Å². The van der Waals surface area contributed by atoms with E-state index in [9.17, 15) is 4.79 Å². The van der Waals surface area contributed by atoms with Crippen LogP contribution in [-0.2, 0) is 16.0 Å². The summed E-state index contributed by atoms with van der Waals surface area (Å²) in [6.45, 7) is 2.54. The van der Waals surface area contributed by atoms with Crippen LogP contribution < -0.4 is 11.1 Å². The van der Waals surface area contributed by atoms with Crippen LogP contribution in [0.3, 0.4) is 0 Å². The van der Waals surface area contributed by atoms with E-state index in [1.54, 1.807) is 0 Å². The molecule has 1 rings (SSSR count). The normalized spacial score (nSPS) is 13.9. The van der Waals surface area contributed by atoms with Gasteiger partial charge in [0, 0.05) is 12.6 Å². The van der Waals surface area contributed by atoms with Crippen molar-refractivity contribution in [1.82, 2.24) is 5.32 Å². The minimum atomic E-state index is -0.267. The summed E-state index contributed by atoms with van der Waals surface area (Å²) >= 11 is 0. The summed E-state index contributed by atoms with van der Waals surface area (Å²) in [5.41, 5.74) is 7.24. The lowest BCUT2D eigenvalue weighted by atomic mass is 10.1. The number of hydrogen-bond donors (Lipinski definition) is 2. The van der Waals surface area contributed by atoms with Crippen LogP contribution in [0.1, 0.15) is 18.9 Å². The van der Waals surface area contributed by atoms with Crippen molar-refractivity contribution in [2.75, 3.05) is 13.7 Å². The van der Waals surface area contributed by atoms with E-state index in [0.29, 0.717) is 13.0 Å². The fourth-order valence-corrected chi connectivity index (χ4v) is 1.82. The highest BCUT2D eigenvalue weighted by Gasteiger charge is 2.17. The summed E-state index contributed by atoms with van der Waals surface area (Å²) in [4.78, 5) is 11.4. The van der Waals surface area contributed by atoms with Crippen LogP contribution in [0.25, 0.3) is 0 Å². The van der Waals surface area contributed by atoms with Crippen LogP contribution in [-0.4, -0.2) is 31.7 Å². The second-order valence-electron chi connectivity index (χ2n) is 4.34. The van der Waals surface area contributed by atoms with Crippen LogP contribution in [0.2, 0.25) is 0 Å². The molecule has 0 saturated heterocycles. The Balaban J connectivity index is 2.36. The Morgan fingerprint density at radius 1 is 1.39 bits per heavy atom. The predicted octanol–water partition coefficient (Wildman–Crippen LogP) is 1.10. The molecule has 18 heavy (non-hydrogen) atoms. The van der Waals surface area contributed by atoms with E-state index in [-0.39, 0.29) is 18.1 Å². The molecule has 0 radical (unpaired) electrons. The topological polar surface area (TPSA) is 64.3 Å². The molecular weight excluding hydrogens is 228 g/mol. The molecule has 4 heteroatoms. The van der Waals surface area contributed by atoms with E-state index in [1.807, 2.05) is 25.1 Å². The first-order valence-electron chi connectivity index (χ1n) is 6.28. The molecule has 0 fully saturated rings. The van der Waals surface area contributed by atoms with Crippen molar-refractivity contribution in [2.45, 2.75) is 31.8 Å². The number of benzene rings is 1. The molecule has 0 aliphatic heterocycles. The number of carbonyl (C=O) groups excluding carboxylic acids is 1. The Hall–Kier alpha value is -1.39. The van der Waals surface area contributed by atoms with Gasteiger partial charge in [0.15, 0.2) is 0 Å². The summed E-state index contributed by atoms with van der Waals surface area (Å²) in [7, 11) is 1.40. The van der Waals surface area contributed by atoms with E-state index >= 15 is 0 Å². The molecule has 0 aliphatic carbocycles. The second kappa shape index (κ2) is 7.84. The molecule has 1 aromatic carbocycles. The van der Waals surface area contributed by atoms with E-state index in [0.717, 1.165) is 6.42 Å². The molecule has 0 bridgehead atoms. The van der Waals surface area contributed by atoms with Crippen molar-refractivity contribution in [1.29, 1.82) is 0 Å². The number of hydrogen-bond acceptors (Lipinski definition) is 4. The maximum absolute atomic E-state index is 11.4. The third-order valence-electron chi connectivity index (χ3n) is 2.86. The molecule has 0 amide bonds. The summed E-state index contributed by atoms with van der Waals surface area (Å²) in [6.07, 6.45) is 1.50. The van der Waals surface area contributed by atoms with Gasteiger partial charge in [0.1, 0.15) is 6.04 Å². The molecule has 4 nitrogen and oxygen atoms in total. The lowest BCUT2D eigenvalue weighted by Gasteiger charge is -2.18. The summed E-state index contributed by atoms with van der Waals surface area (Å²) in [5.74, 6) is -0.232. The number of esters is 1. The van der Waals surface area contributed by atoms with Gasteiger partial charge >= 0.3 is 5.97 Å². The summed E-state index contributed by atoms with van der Waals surface area (Å²) < 4.78 is 4.71. The van der Waals surface area contributed by atoms with Gasteiger partial charge in [-0.25, -0.2) is 0 Å². The van der Waals surface area contributed by atoms with Gasteiger partial charge in [-0.15, -0.1) is 0 Å². The number of carbonyl (C=O) groups is 1. The number of nitrogens with one attached hydrogen (secondary N) is 1. The van der Waals surface area contributed by atoms with E-state index in [4.69, 9.17) is 10.5 Å². The van der Waals surface area contributed by atoms with E-state index in [1.165, 1.54) is 12.7 Å². The first kappa shape index (κ1) is 14.7. The van der Waals surface area contributed by atoms with Crippen LogP contribution in [0.4, 0.5) is 0 Å². The molecular formula is C14H22N2O2. The number of methoxy groups -OCH3 is 1. The zero-order chi connectivity index (χ0) is 13.4. The molecule has 100 valence electrons. The monoisotopic (exact) mass is 250 g/mol. The Morgan fingerprint density at radius 3 is 2.61 bits per heavy atom. The fourth-order valence-electron chi connectivity index (χ4n) is 1.82. The van der Waals surface area contributed by atoms with Crippen LogP contribution in [0, 0.1) is 0 Å². The van der Waals surface area contributed by atoms with Crippen LogP contribution in [0.15, 0.2) is 30.3 Å². The molecule has 0 heterocycles. The highest BCUT2D eigenvalue weighted by atomic mass is 16.5. The third kappa shape index (κ3) is 4.85. The van der Waals surface area contributed by atoms with E-state index < -0.39 is 0 Å². The average Bonchev–Trinajstić information content (AvgIpc) is 2.40. The van der Waals surface area contributed by atoms with Crippen LogP contribution >= 0.6 is 0 Å². The number of nitrogens with two attached hydrogens (primary N) is 1. The zero-order valence-corrected chi connectivity index (χ0v) is 11.1. The third-order valence-corrected chi connectivity index (χ3v) is 2.86. The molecule has 3 N–H and O–H groups in total.